The number of hydrogen-bond donors (Lipinski definition) is 1. The lowest BCUT2D eigenvalue weighted by Gasteiger charge is -2.40. The molecule has 0 bridgehead atoms. The third-order valence-corrected chi connectivity index (χ3v) is 3.89. The van der Waals surface area contributed by atoms with Crippen LogP contribution in [0.15, 0.2) is 4.99 Å². The lowest BCUT2D eigenvalue weighted by atomic mass is 9.93. The first-order chi connectivity index (χ1) is 7.17. The summed E-state index contributed by atoms with van der Waals surface area (Å²) >= 11 is 0. The number of hydrogen-bond acceptors (Lipinski definition) is 3. The van der Waals surface area contributed by atoms with Crippen LogP contribution in [0.2, 0.25) is 0 Å². The third-order valence-electron chi connectivity index (χ3n) is 3.89. The number of rotatable bonds is 3. The van der Waals surface area contributed by atoms with E-state index in [0.717, 1.165) is 12.5 Å². The predicted molar refractivity (Wildman–Crippen MR) is 63.9 cm³/mol. The molecule has 0 aromatic carbocycles. The molecule has 2 aliphatic rings. The molecule has 1 aliphatic heterocycles. The smallest absolute Gasteiger partial charge is 0.192 e. The van der Waals surface area contributed by atoms with Crippen molar-refractivity contribution in [2.24, 2.45) is 10.7 Å². The van der Waals surface area contributed by atoms with Gasteiger partial charge >= 0.3 is 0 Å². The summed E-state index contributed by atoms with van der Waals surface area (Å²) in [5.41, 5.74) is 6.24. The molecule has 86 valence electrons. The Labute approximate surface area is 92.7 Å². The van der Waals surface area contributed by atoms with Gasteiger partial charge in [-0.1, -0.05) is 26.2 Å². The van der Waals surface area contributed by atoms with Crippen molar-refractivity contribution in [3.8, 4) is 0 Å². The highest BCUT2D eigenvalue weighted by Gasteiger charge is 2.41. The summed E-state index contributed by atoms with van der Waals surface area (Å²) in [7, 11) is 0. The highest BCUT2D eigenvalue weighted by molar-refractivity contribution is 5.81. The van der Waals surface area contributed by atoms with Crippen LogP contribution < -0.4 is 5.73 Å². The molecular formula is C12H23N3. The Morgan fingerprint density at radius 3 is 2.73 bits per heavy atom. The van der Waals surface area contributed by atoms with Gasteiger partial charge in [0.15, 0.2) is 5.96 Å². The first-order valence-corrected chi connectivity index (χ1v) is 6.26. The molecule has 1 saturated carbocycles. The van der Waals surface area contributed by atoms with E-state index < -0.39 is 0 Å². The Morgan fingerprint density at radius 1 is 1.47 bits per heavy atom. The number of guanidine groups is 1. The second kappa shape index (κ2) is 4.03. The summed E-state index contributed by atoms with van der Waals surface area (Å²) in [4.78, 5) is 6.87. The standard InChI is InChI=1S/C12H23N3/c1-3-8-12(2)9-14-11(13)15(12)10-6-4-5-7-10/h10H,3-9H2,1-2H3,(H2,13,14). The van der Waals surface area contributed by atoms with Gasteiger partial charge in [-0.05, 0) is 26.2 Å². The normalized spacial score (nSPS) is 32.4. The van der Waals surface area contributed by atoms with Gasteiger partial charge in [-0.2, -0.15) is 0 Å². The zero-order chi connectivity index (χ0) is 10.9. The fourth-order valence-corrected chi connectivity index (χ4v) is 3.21. The van der Waals surface area contributed by atoms with E-state index in [9.17, 15) is 0 Å². The quantitative estimate of drug-likeness (QED) is 0.773. The second-order valence-electron chi connectivity index (χ2n) is 5.23. The van der Waals surface area contributed by atoms with Crippen LogP contribution in [0.3, 0.4) is 0 Å². The fraction of sp³-hybridized carbons (Fsp3) is 0.917. The number of aliphatic imine (C=N–C) groups is 1. The molecule has 15 heavy (non-hydrogen) atoms. The molecule has 1 fully saturated rings. The summed E-state index contributed by atoms with van der Waals surface area (Å²) in [6, 6.07) is 0.660. The fourth-order valence-electron chi connectivity index (χ4n) is 3.21. The van der Waals surface area contributed by atoms with Crippen LogP contribution in [0.25, 0.3) is 0 Å². The first-order valence-electron chi connectivity index (χ1n) is 6.26. The Hall–Kier alpha value is -0.730. The van der Waals surface area contributed by atoms with E-state index in [4.69, 9.17) is 5.73 Å². The predicted octanol–water partition coefficient (Wildman–Crippen LogP) is 2.12. The van der Waals surface area contributed by atoms with E-state index >= 15 is 0 Å². The van der Waals surface area contributed by atoms with Crippen LogP contribution in [0.4, 0.5) is 0 Å². The molecule has 2 N–H and O–H groups in total. The van der Waals surface area contributed by atoms with Crippen LogP contribution in [-0.4, -0.2) is 29.0 Å². The van der Waals surface area contributed by atoms with Crippen molar-refractivity contribution in [1.29, 1.82) is 0 Å². The molecule has 0 spiro atoms. The van der Waals surface area contributed by atoms with Crippen LogP contribution >= 0.6 is 0 Å². The minimum Gasteiger partial charge on any atom is -0.370 e. The molecule has 1 aliphatic carbocycles. The molecule has 1 heterocycles. The van der Waals surface area contributed by atoms with Crippen molar-refractivity contribution in [1.82, 2.24) is 4.90 Å². The molecule has 1 atom stereocenters. The molecule has 0 aromatic rings. The molecule has 3 nitrogen and oxygen atoms in total. The van der Waals surface area contributed by atoms with Crippen molar-refractivity contribution >= 4 is 5.96 Å². The molecule has 0 radical (unpaired) electrons. The van der Waals surface area contributed by atoms with Crippen LogP contribution in [-0.2, 0) is 0 Å². The molecule has 2 rings (SSSR count). The van der Waals surface area contributed by atoms with Gasteiger partial charge in [0.2, 0.25) is 0 Å². The van der Waals surface area contributed by atoms with Crippen molar-refractivity contribution in [2.75, 3.05) is 6.54 Å². The summed E-state index contributed by atoms with van der Waals surface area (Å²) in [5.74, 6) is 0.790. The van der Waals surface area contributed by atoms with Gasteiger partial charge in [-0.15, -0.1) is 0 Å². The summed E-state index contributed by atoms with van der Waals surface area (Å²) in [6.45, 7) is 5.45. The molecule has 3 heteroatoms. The second-order valence-corrected chi connectivity index (χ2v) is 5.23. The monoisotopic (exact) mass is 209 g/mol. The van der Waals surface area contributed by atoms with Crippen molar-refractivity contribution in [3.05, 3.63) is 0 Å². The SMILES string of the molecule is CCCC1(C)CN=C(N)N1C1CCCC1. The minimum atomic E-state index is 0.202. The highest BCUT2D eigenvalue weighted by atomic mass is 15.4. The lowest BCUT2D eigenvalue weighted by molar-refractivity contribution is 0.155. The van der Waals surface area contributed by atoms with Crippen molar-refractivity contribution < 1.29 is 0 Å². The highest BCUT2D eigenvalue weighted by Crippen LogP contribution is 2.34. The topological polar surface area (TPSA) is 41.6 Å². The third kappa shape index (κ3) is 1.84. The van der Waals surface area contributed by atoms with E-state index in [1.807, 2.05) is 0 Å². The van der Waals surface area contributed by atoms with E-state index in [1.165, 1.54) is 38.5 Å². The average Bonchev–Trinajstić information content (AvgIpc) is 2.76. The lowest BCUT2D eigenvalue weighted by Crippen LogP contribution is -2.53. The molecule has 0 amide bonds. The Kier molecular flexibility index (Phi) is 2.89. The summed E-state index contributed by atoms with van der Waals surface area (Å²) in [5, 5.41) is 0. The first kappa shape index (κ1) is 10.8. The Balaban J connectivity index is 2.13. The Bertz CT molecular complexity index is 256. The maximum atomic E-state index is 6.04. The van der Waals surface area contributed by atoms with Crippen molar-refractivity contribution in [2.45, 2.75) is 64.0 Å². The molecule has 0 aromatic heterocycles. The minimum absolute atomic E-state index is 0.202. The molecule has 1 unspecified atom stereocenters. The van der Waals surface area contributed by atoms with E-state index in [1.54, 1.807) is 0 Å². The van der Waals surface area contributed by atoms with Crippen molar-refractivity contribution in [3.63, 3.8) is 0 Å². The number of nitrogens with two attached hydrogens (primary N) is 1. The maximum Gasteiger partial charge on any atom is 0.192 e. The van der Waals surface area contributed by atoms with Crippen LogP contribution in [0, 0.1) is 0 Å². The zero-order valence-electron chi connectivity index (χ0n) is 10.00. The molecular weight excluding hydrogens is 186 g/mol. The molecule has 0 saturated heterocycles. The van der Waals surface area contributed by atoms with E-state index in [-0.39, 0.29) is 5.54 Å². The largest absolute Gasteiger partial charge is 0.370 e. The van der Waals surface area contributed by atoms with Gasteiger partial charge in [-0.3, -0.25) is 4.99 Å². The Morgan fingerprint density at radius 2 is 2.13 bits per heavy atom. The summed E-state index contributed by atoms with van der Waals surface area (Å²) in [6.07, 6.45) is 7.73. The van der Waals surface area contributed by atoms with Crippen LogP contribution in [0.5, 0.6) is 0 Å². The van der Waals surface area contributed by atoms with Gasteiger partial charge < -0.3 is 10.6 Å². The van der Waals surface area contributed by atoms with E-state index in [2.05, 4.69) is 23.7 Å². The van der Waals surface area contributed by atoms with Gasteiger partial charge in [-0.25, -0.2) is 0 Å². The van der Waals surface area contributed by atoms with Gasteiger partial charge in [0, 0.05) is 6.04 Å². The van der Waals surface area contributed by atoms with E-state index in [0.29, 0.717) is 6.04 Å². The average molecular weight is 209 g/mol. The van der Waals surface area contributed by atoms with Gasteiger partial charge in [0.25, 0.3) is 0 Å². The number of nitrogens with zero attached hydrogens (tertiary/aromatic N) is 2. The summed E-state index contributed by atoms with van der Waals surface area (Å²) < 4.78 is 0. The maximum absolute atomic E-state index is 6.04. The van der Waals surface area contributed by atoms with Crippen LogP contribution in [0.1, 0.15) is 52.4 Å². The van der Waals surface area contributed by atoms with Gasteiger partial charge in [0.1, 0.15) is 0 Å². The zero-order valence-corrected chi connectivity index (χ0v) is 10.00. The van der Waals surface area contributed by atoms with Gasteiger partial charge in [0.05, 0.1) is 12.1 Å².